The van der Waals surface area contributed by atoms with Crippen LogP contribution in [0.3, 0.4) is 0 Å². The molecule has 3 nitrogen and oxygen atoms in total. The Morgan fingerprint density at radius 3 is 2.73 bits per heavy atom. The van der Waals surface area contributed by atoms with Crippen molar-refractivity contribution in [2.75, 3.05) is 20.1 Å². The number of piperidine rings is 1. The van der Waals surface area contributed by atoms with E-state index in [9.17, 15) is 0 Å². The second kappa shape index (κ2) is 7.87. The summed E-state index contributed by atoms with van der Waals surface area (Å²) in [5.74, 6) is 0. The number of nitrogens with zero attached hydrogens (tertiary/aromatic N) is 2. The minimum Gasteiger partial charge on any atom is -0.363 e. The van der Waals surface area contributed by atoms with Crippen LogP contribution in [-0.2, 0) is 11.2 Å². The van der Waals surface area contributed by atoms with Crippen LogP contribution in [0.1, 0.15) is 42.0 Å². The van der Waals surface area contributed by atoms with E-state index in [0.717, 1.165) is 42.9 Å². The molecule has 0 radical (unpaired) electrons. The first-order valence-corrected chi connectivity index (χ1v) is 10.3. The van der Waals surface area contributed by atoms with Crippen LogP contribution < -0.4 is 0 Å². The maximum Gasteiger partial charge on any atom is 0.134 e. The molecular weight excluding hydrogens is 340 g/mol. The maximum atomic E-state index is 6.66. The summed E-state index contributed by atoms with van der Waals surface area (Å²) in [6, 6.07) is 17.2. The minimum absolute atomic E-state index is 0.0766. The lowest BCUT2D eigenvalue weighted by Crippen LogP contribution is -2.35. The topological polar surface area (TPSA) is 25.4 Å². The van der Waals surface area contributed by atoms with Crippen LogP contribution in [0.2, 0.25) is 0 Å². The molecular formula is C22H26N2OS. The zero-order valence-electron chi connectivity index (χ0n) is 15.5. The Kier molecular flexibility index (Phi) is 5.34. The number of likely N-dealkylation sites (tertiary alicyclic amines) is 1. The molecule has 0 N–H and O–H groups in total. The summed E-state index contributed by atoms with van der Waals surface area (Å²) >= 11 is 1.76. The van der Waals surface area contributed by atoms with Crippen molar-refractivity contribution in [1.82, 2.24) is 9.88 Å². The smallest absolute Gasteiger partial charge is 0.134 e. The van der Waals surface area contributed by atoms with Gasteiger partial charge in [-0.05, 0) is 49.6 Å². The molecule has 3 aromatic rings. The Hall–Kier alpha value is -1.75. The number of hydrogen-bond donors (Lipinski definition) is 0. The lowest BCUT2D eigenvalue weighted by molar-refractivity contribution is -0.0234. The summed E-state index contributed by atoms with van der Waals surface area (Å²) in [4.78, 5) is 7.29. The van der Waals surface area contributed by atoms with E-state index < -0.39 is 0 Å². The predicted octanol–water partition coefficient (Wildman–Crippen LogP) is 5.06. The van der Waals surface area contributed by atoms with Gasteiger partial charge in [0.05, 0.1) is 16.3 Å². The van der Waals surface area contributed by atoms with Gasteiger partial charge in [0.25, 0.3) is 0 Å². The van der Waals surface area contributed by atoms with Gasteiger partial charge in [0.15, 0.2) is 0 Å². The molecule has 1 unspecified atom stereocenters. The molecule has 1 aliphatic rings. The van der Waals surface area contributed by atoms with Gasteiger partial charge in [-0.15, -0.1) is 11.3 Å². The SMILES string of the molecule is CCc1cccc(C(OC2CCN(C)CC2)c2nc3ccccc3s2)c1. The van der Waals surface area contributed by atoms with Crippen LogP contribution in [0.25, 0.3) is 10.2 Å². The van der Waals surface area contributed by atoms with E-state index in [0.29, 0.717) is 6.10 Å². The van der Waals surface area contributed by atoms with Crippen molar-refractivity contribution in [3.8, 4) is 0 Å². The van der Waals surface area contributed by atoms with Gasteiger partial charge in [0, 0.05) is 13.1 Å². The lowest BCUT2D eigenvalue weighted by Gasteiger charge is -2.31. The molecule has 1 atom stereocenters. The highest BCUT2D eigenvalue weighted by molar-refractivity contribution is 7.18. The highest BCUT2D eigenvalue weighted by Crippen LogP contribution is 2.35. The summed E-state index contributed by atoms with van der Waals surface area (Å²) < 4.78 is 7.89. The number of rotatable bonds is 5. The number of fused-ring (bicyclic) bond motifs is 1. The van der Waals surface area contributed by atoms with Crippen LogP contribution in [0.4, 0.5) is 0 Å². The highest BCUT2D eigenvalue weighted by atomic mass is 32.1. The zero-order valence-corrected chi connectivity index (χ0v) is 16.3. The average molecular weight is 367 g/mol. The number of benzene rings is 2. The van der Waals surface area contributed by atoms with Gasteiger partial charge < -0.3 is 9.64 Å². The van der Waals surface area contributed by atoms with Gasteiger partial charge in [0.2, 0.25) is 0 Å². The normalized spacial score (nSPS) is 17.6. The second-order valence-corrected chi connectivity index (χ2v) is 8.20. The van der Waals surface area contributed by atoms with E-state index in [4.69, 9.17) is 9.72 Å². The van der Waals surface area contributed by atoms with Gasteiger partial charge in [-0.3, -0.25) is 0 Å². The number of thiazole rings is 1. The highest BCUT2D eigenvalue weighted by Gasteiger charge is 2.26. The van der Waals surface area contributed by atoms with Gasteiger partial charge in [0.1, 0.15) is 11.1 Å². The molecule has 4 heteroatoms. The number of hydrogen-bond acceptors (Lipinski definition) is 4. The predicted molar refractivity (Wildman–Crippen MR) is 109 cm³/mol. The maximum absolute atomic E-state index is 6.66. The van der Waals surface area contributed by atoms with E-state index in [1.807, 2.05) is 0 Å². The standard InChI is InChI=1S/C22H26N2OS/c1-3-16-7-6-8-17(15-16)21(25-18-11-13-24(2)14-12-18)22-23-19-9-4-5-10-20(19)26-22/h4-10,15,18,21H,3,11-14H2,1-2H3. The monoisotopic (exact) mass is 366 g/mol. The summed E-state index contributed by atoms with van der Waals surface area (Å²) in [5.41, 5.74) is 3.64. The molecule has 0 aliphatic carbocycles. The van der Waals surface area contributed by atoms with Gasteiger partial charge >= 0.3 is 0 Å². The second-order valence-electron chi connectivity index (χ2n) is 7.14. The number of aryl methyl sites for hydroxylation is 1. The quantitative estimate of drug-likeness (QED) is 0.631. The first-order chi connectivity index (χ1) is 12.7. The van der Waals surface area contributed by atoms with E-state index in [1.54, 1.807) is 11.3 Å². The fraction of sp³-hybridized carbons (Fsp3) is 0.409. The van der Waals surface area contributed by atoms with Crippen LogP contribution in [0.5, 0.6) is 0 Å². The van der Waals surface area contributed by atoms with E-state index in [-0.39, 0.29) is 6.10 Å². The van der Waals surface area contributed by atoms with Crippen molar-refractivity contribution in [2.24, 2.45) is 0 Å². The Labute approximate surface area is 159 Å². The molecule has 0 saturated carbocycles. The average Bonchev–Trinajstić information content (AvgIpc) is 3.11. The third kappa shape index (κ3) is 3.83. The number of ether oxygens (including phenoxy) is 1. The van der Waals surface area contributed by atoms with Crippen LogP contribution in [-0.4, -0.2) is 36.1 Å². The van der Waals surface area contributed by atoms with E-state index >= 15 is 0 Å². The van der Waals surface area contributed by atoms with Crippen LogP contribution in [0.15, 0.2) is 48.5 Å². The van der Waals surface area contributed by atoms with Crippen molar-refractivity contribution in [3.05, 3.63) is 64.7 Å². The summed E-state index contributed by atoms with van der Waals surface area (Å²) in [6.07, 6.45) is 3.44. The molecule has 1 aromatic heterocycles. The molecule has 1 fully saturated rings. The van der Waals surface area contributed by atoms with Crippen molar-refractivity contribution in [1.29, 1.82) is 0 Å². The fourth-order valence-corrected chi connectivity index (χ4v) is 4.60. The number of aromatic nitrogens is 1. The molecule has 26 heavy (non-hydrogen) atoms. The molecule has 4 rings (SSSR count). The van der Waals surface area contributed by atoms with Gasteiger partial charge in [-0.25, -0.2) is 4.98 Å². The molecule has 0 amide bonds. The molecule has 2 aromatic carbocycles. The molecule has 1 saturated heterocycles. The van der Waals surface area contributed by atoms with Crippen molar-refractivity contribution >= 4 is 21.6 Å². The third-order valence-corrected chi connectivity index (χ3v) is 6.27. The molecule has 1 aliphatic heterocycles. The largest absolute Gasteiger partial charge is 0.363 e. The van der Waals surface area contributed by atoms with Crippen LogP contribution in [0, 0.1) is 0 Å². The first kappa shape index (κ1) is 17.7. The Morgan fingerprint density at radius 1 is 1.15 bits per heavy atom. The summed E-state index contributed by atoms with van der Waals surface area (Å²) in [7, 11) is 2.19. The van der Waals surface area contributed by atoms with Crippen molar-refractivity contribution < 1.29 is 4.74 Å². The van der Waals surface area contributed by atoms with Gasteiger partial charge in [-0.1, -0.05) is 43.3 Å². The Morgan fingerprint density at radius 2 is 1.96 bits per heavy atom. The summed E-state index contributed by atoms with van der Waals surface area (Å²) in [5, 5.41) is 1.07. The lowest BCUT2D eigenvalue weighted by atomic mass is 10.0. The molecule has 0 spiro atoms. The van der Waals surface area contributed by atoms with Crippen molar-refractivity contribution in [2.45, 2.75) is 38.4 Å². The number of para-hydroxylation sites is 1. The molecule has 2 heterocycles. The molecule has 0 bridgehead atoms. The van der Waals surface area contributed by atoms with Crippen molar-refractivity contribution in [3.63, 3.8) is 0 Å². The zero-order chi connectivity index (χ0) is 17.9. The van der Waals surface area contributed by atoms with Gasteiger partial charge in [-0.2, -0.15) is 0 Å². The Bertz CT molecular complexity index is 834. The Balaban J connectivity index is 1.68. The van der Waals surface area contributed by atoms with E-state index in [1.165, 1.54) is 15.8 Å². The van der Waals surface area contributed by atoms with E-state index in [2.05, 4.69) is 67.4 Å². The third-order valence-electron chi connectivity index (χ3n) is 5.19. The summed E-state index contributed by atoms with van der Waals surface area (Å²) in [6.45, 7) is 4.40. The fourth-order valence-electron chi connectivity index (χ4n) is 3.57. The molecule has 136 valence electrons. The van der Waals surface area contributed by atoms with Crippen LogP contribution >= 0.6 is 11.3 Å². The minimum atomic E-state index is -0.0766. The first-order valence-electron chi connectivity index (χ1n) is 9.51.